The fraction of sp³-hybridized carbons (Fsp3) is 0.138. The van der Waals surface area contributed by atoms with E-state index in [1.54, 1.807) is 0 Å². The first-order valence-corrected chi connectivity index (χ1v) is 22.3. The van der Waals surface area contributed by atoms with E-state index in [1.165, 1.54) is 112 Å². The van der Waals surface area contributed by atoms with Gasteiger partial charge in [-0.05, 0) is 108 Å². The van der Waals surface area contributed by atoms with Crippen molar-refractivity contribution in [2.24, 2.45) is 0 Å². The highest BCUT2D eigenvalue weighted by Crippen LogP contribution is 2.56. The Morgan fingerprint density at radius 3 is 1.68 bits per heavy atom. The van der Waals surface area contributed by atoms with Gasteiger partial charge in [-0.2, -0.15) is 0 Å². The molecular formula is C58H47NS. The maximum absolute atomic E-state index is 2.45. The Balaban J connectivity index is 0.000000188. The third-order valence-electron chi connectivity index (χ3n) is 13.4. The quantitative estimate of drug-likeness (QED) is 0.129. The van der Waals surface area contributed by atoms with Gasteiger partial charge in [0.25, 0.3) is 0 Å². The summed E-state index contributed by atoms with van der Waals surface area (Å²) in [7, 11) is 2.24. The van der Waals surface area contributed by atoms with Crippen molar-refractivity contribution in [3.63, 3.8) is 0 Å². The zero-order valence-electron chi connectivity index (χ0n) is 34.4. The van der Waals surface area contributed by atoms with E-state index < -0.39 is 0 Å². The highest BCUT2D eigenvalue weighted by atomic mass is 32.2. The molecule has 1 heterocycles. The molecule has 2 atom stereocenters. The topological polar surface area (TPSA) is 3.24 Å². The number of nitrogens with zero attached hydrogens (tertiary/aromatic N) is 1. The first-order chi connectivity index (χ1) is 29.5. The number of fused-ring (bicyclic) bond motifs is 12. The van der Waals surface area contributed by atoms with Gasteiger partial charge < -0.3 is 4.90 Å². The van der Waals surface area contributed by atoms with Crippen LogP contribution in [0.3, 0.4) is 0 Å². The first kappa shape index (κ1) is 36.7. The largest absolute Gasteiger partial charge is 0.344 e. The molecular weight excluding hydrogens is 743 g/mol. The van der Waals surface area contributed by atoms with Gasteiger partial charge >= 0.3 is 0 Å². The van der Waals surface area contributed by atoms with Crippen LogP contribution in [0, 0.1) is 0 Å². The second-order valence-electron chi connectivity index (χ2n) is 17.1. The monoisotopic (exact) mass is 789 g/mol. The number of rotatable bonds is 4. The van der Waals surface area contributed by atoms with Gasteiger partial charge in [0, 0.05) is 45.5 Å². The molecule has 12 rings (SSSR count). The lowest BCUT2D eigenvalue weighted by Gasteiger charge is -2.27. The minimum Gasteiger partial charge on any atom is -0.344 e. The Kier molecular flexibility index (Phi) is 9.01. The molecule has 0 N–H and O–H groups in total. The van der Waals surface area contributed by atoms with Crippen LogP contribution in [0.25, 0.3) is 65.7 Å². The fourth-order valence-corrected chi connectivity index (χ4v) is 11.9. The van der Waals surface area contributed by atoms with E-state index >= 15 is 0 Å². The van der Waals surface area contributed by atoms with Crippen molar-refractivity contribution < 1.29 is 0 Å². The van der Waals surface area contributed by atoms with Crippen LogP contribution in [0.5, 0.6) is 0 Å². The summed E-state index contributed by atoms with van der Waals surface area (Å²) in [5, 5.41) is 8.58. The highest BCUT2D eigenvalue weighted by Gasteiger charge is 2.37. The van der Waals surface area contributed by atoms with Crippen molar-refractivity contribution in [1.29, 1.82) is 0 Å². The lowest BCUT2D eigenvalue weighted by atomic mass is 9.82. The Labute approximate surface area is 358 Å². The SMILES string of the molecule is CN(c1ccc2c(c1)C(C)(C)c1ccccc1-2)c1ccc2c(c1-c1ccc(-c3ccccc3)cc1)SC1C=CCCC21.c1ccc2c(c1)c1ccccc1c1ccccc21. The van der Waals surface area contributed by atoms with Gasteiger partial charge in [0.15, 0.2) is 0 Å². The maximum Gasteiger partial charge on any atom is 0.0499 e. The summed E-state index contributed by atoms with van der Waals surface area (Å²) in [6, 6.07) is 66.7. The lowest BCUT2D eigenvalue weighted by molar-refractivity contribution is 0.634. The van der Waals surface area contributed by atoms with Crippen molar-refractivity contribution >= 4 is 55.5 Å². The molecule has 0 aromatic heterocycles. The third kappa shape index (κ3) is 6.00. The van der Waals surface area contributed by atoms with Crippen LogP contribution in [0.4, 0.5) is 11.4 Å². The molecule has 0 amide bonds. The van der Waals surface area contributed by atoms with Crippen LogP contribution >= 0.6 is 11.8 Å². The molecule has 1 nitrogen and oxygen atoms in total. The minimum absolute atomic E-state index is 0.0192. The predicted molar refractivity (Wildman–Crippen MR) is 259 cm³/mol. The third-order valence-corrected chi connectivity index (χ3v) is 14.9. The van der Waals surface area contributed by atoms with E-state index in [0.29, 0.717) is 11.2 Å². The molecule has 0 saturated carbocycles. The van der Waals surface area contributed by atoms with E-state index in [9.17, 15) is 0 Å². The van der Waals surface area contributed by atoms with Crippen LogP contribution < -0.4 is 4.90 Å². The van der Waals surface area contributed by atoms with Gasteiger partial charge in [-0.1, -0.05) is 190 Å². The molecule has 2 aliphatic carbocycles. The van der Waals surface area contributed by atoms with Crippen molar-refractivity contribution in [3.8, 4) is 33.4 Å². The van der Waals surface area contributed by atoms with Crippen LogP contribution in [0.15, 0.2) is 199 Å². The summed E-state index contributed by atoms with van der Waals surface area (Å²) in [6.07, 6.45) is 7.25. The zero-order valence-corrected chi connectivity index (χ0v) is 35.2. The highest BCUT2D eigenvalue weighted by molar-refractivity contribution is 8.00. The molecule has 3 aliphatic rings. The number of anilines is 2. The molecule has 60 heavy (non-hydrogen) atoms. The molecule has 0 radical (unpaired) electrons. The normalized spacial score (nSPS) is 16.8. The number of benzene rings is 9. The summed E-state index contributed by atoms with van der Waals surface area (Å²) in [5.41, 5.74) is 14.7. The van der Waals surface area contributed by atoms with Crippen molar-refractivity contribution in [1.82, 2.24) is 0 Å². The van der Waals surface area contributed by atoms with E-state index in [-0.39, 0.29) is 5.41 Å². The first-order valence-electron chi connectivity index (χ1n) is 21.4. The van der Waals surface area contributed by atoms with Crippen LogP contribution in [-0.4, -0.2) is 12.3 Å². The average molecular weight is 790 g/mol. The second kappa shape index (κ2) is 14.7. The number of thioether (sulfide) groups is 1. The van der Waals surface area contributed by atoms with E-state index in [2.05, 4.69) is 232 Å². The Hall–Kier alpha value is -6.35. The Morgan fingerprint density at radius 1 is 0.517 bits per heavy atom. The lowest BCUT2D eigenvalue weighted by Crippen LogP contribution is -2.17. The second-order valence-corrected chi connectivity index (χ2v) is 18.3. The van der Waals surface area contributed by atoms with E-state index in [0.717, 1.165) is 0 Å². The zero-order chi connectivity index (χ0) is 40.4. The molecule has 0 fully saturated rings. The summed E-state index contributed by atoms with van der Waals surface area (Å²) in [4.78, 5) is 3.88. The van der Waals surface area contributed by atoms with Gasteiger partial charge in [-0.25, -0.2) is 0 Å². The van der Waals surface area contributed by atoms with Crippen molar-refractivity contribution in [3.05, 3.63) is 211 Å². The predicted octanol–water partition coefficient (Wildman–Crippen LogP) is 16.1. The fourth-order valence-electron chi connectivity index (χ4n) is 10.3. The smallest absolute Gasteiger partial charge is 0.0499 e. The maximum atomic E-state index is 2.45. The van der Waals surface area contributed by atoms with E-state index in [4.69, 9.17) is 0 Å². The van der Waals surface area contributed by atoms with Crippen LogP contribution in [0.2, 0.25) is 0 Å². The number of hydrogen-bond acceptors (Lipinski definition) is 2. The van der Waals surface area contributed by atoms with Gasteiger partial charge in [0.05, 0.1) is 0 Å². The van der Waals surface area contributed by atoms with Gasteiger partial charge in [-0.15, -0.1) is 11.8 Å². The van der Waals surface area contributed by atoms with Crippen LogP contribution in [0.1, 0.15) is 49.3 Å². The van der Waals surface area contributed by atoms with Gasteiger partial charge in [0.2, 0.25) is 0 Å². The number of hydrogen-bond donors (Lipinski definition) is 0. The molecule has 0 saturated heterocycles. The van der Waals surface area contributed by atoms with E-state index in [1.807, 2.05) is 0 Å². The Bertz CT molecular complexity index is 2900. The number of allylic oxidation sites excluding steroid dienone is 1. The summed E-state index contributed by atoms with van der Waals surface area (Å²) < 4.78 is 0. The molecule has 9 aromatic carbocycles. The standard InChI is InChI=1S/C40H35NS.C18H12/c1-40(2)34-15-9-7-13-30(34)31-22-21-29(25-35(31)40)41(3)36-24-23-33-32-14-8-10-16-37(32)42-39(33)38(36)28-19-17-27(18-20-28)26-11-5-4-6-12-26;1-2-8-14-13(7-1)15-9-3-4-11-17(15)18-12-6-5-10-16(14)18/h4-7,9-13,15-25,32,37H,8,14H2,1-3H3;1-12H. The molecule has 0 bridgehead atoms. The molecule has 9 aromatic rings. The van der Waals surface area contributed by atoms with Gasteiger partial charge in [0.1, 0.15) is 0 Å². The average Bonchev–Trinajstić information content (AvgIpc) is 3.80. The van der Waals surface area contributed by atoms with Crippen LogP contribution in [-0.2, 0) is 5.41 Å². The van der Waals surface area contributed by atoms with Gasteiger partial charge in [-0.3, -0.25) is 0 Å². The Morgan fingerprint density at radius 2 is 1.05 bits per heavy atom. The molecule has 290 valence electrons. The molecule has 1 aliphatic heterocycles. The summed E-state index contributed by atoms with van der Waals surface area (Å²) >= 11 is 2.07. The summed E-state index contributed by atoms with van der Waals surface area (Å²) in [5.74, 6) is 0.607. The molecule has 2 heteroatoms. The minimum atomic E-state index is -0.0192. The molecule has 2 unspecified atom stereocenters. The summed E-state index contributed by atoms with van der Waals surface area (Å²) in [6.45, 7) is 4.73. The van der Waals surface area contributed by atoms with Crippen molar-refractivity contribution in [2.75, 3.05) is 11.9 Å². The van der Waals surface area contributed by atoms with Crippen molar-refractivity contribution in [2.45, 2.75) is 48.2 Å². The molecule has 0 spiro atoms.